The number of hydrogen-bond donors (Lipinski definition) is 3. The number of nitrogens with one attached hydrogen (secondary N) is 1. The molecule has 2 aromatic rings. The minimum Gasteiger partial charge on any atom is -0.381 e. The number of fused-ring (bicyclic) bond motifs is 1. The molecule has 1 atom stereocenters. The van der Waals surface area contributed by atoms with E-state index in [0.717, 1.165) is 11.3 Å². The van der Waals surface area contributed by atoms with E-state index in [0.29, 0.717) is 15.0 Å². The van der Waals surface area contributed by atoms with Crippen LogP contribution in [0.5, 0.6) is 0 Å². The van der Waals surface area contributed by atoms with Gasteiger partial charge in [-0.05, 0) is 18.2 Å². The number of carbonyl (C=O) groups is 2. The van der Waals surface area contributed by atoms with Gasteiger partial charge in [-0.2, -0.15) is 0 Å². The normalized spacial score (nSPS) is 12.3. The van der Waals surface area contributed by atoms with Crippen molar-refractivity contribution in [3.63, 3.8) is 0 Å². The van der Waals surface area contributed by atoms with E-state index in [2.05, 4.69) is 5.32 Å². The Morgan fingerprint density at radius 3 is 2.84 bits per heavy atom. The van der Waals surface area contributed by atoms with Crippen molar-refractivity contribution in [3.05, 3.63) is 35.0 Å². The van der Waals surface area contributed by atoms with Crippen LogP contribution in [-0.4, -0.2) is 29.6 Å². The van der Waals surface area contributed by atoms with Crippen molar-refractivity contribution in [2.24, 2.45) is 5.73 Å². The quantitative estimate of drug-likeness (QED) is 0.767. The number of carbonyl (C=O) groups excluding carboxylic acids is 2. The van der Waals surface area contributed by atoms with Crippen LogP contribution in [0.2, 0.25) is 0 Å². The second kappa shape index (κ2) is 5.33. The van der Waals surface area contributed by atoms with Crippen molar-refractivity contribution in [2.75, 3.05) is 6.54 Å². The van der Waals surface area contributed by atoms with E-state index >= 15 is 0 Å². The van der Waals surface area contributed by atoms with Crippen LogP contribution in [0.15, 0.2) is 24.3 Å². The average molecular weight is 282 g/mol. The van der Waals surface area contributed by atoms with E-state index in [9.17, 15) is 14.0 Å². The first kappa shape index (κ1) is 13.4. The van der Waals surface area contributed by atoms with E-state index in [1.807, 2.05) is 0 Å². The van der Waals surface area contributed by atoms with Gasteiger partial charge in [0.1, 0.15) is 11.9 Å². The molecule has 0 aliphatic carbocycles. The fraction of sp³-hybridized carbons (Fsp3) is 0.167. The van der Waals surface area contributed by atoms with Crippen LogP contribution in [0.25, 0.3) is 10.1 Å². The van der Waals surface area contributed by atoms with Crippen LogP contribution in [0.3, 0.4) is 0 Å². The summed E-state index contributed by atoms with van der Waals surface area (Å²) < 4.78 is 14.1. The minimum atomic E-state index is -1.44. The molecule has 1 heterocycles. The van der Waals surface area contributed by atoms with E-state index in [1.54, 1.807) is 12.1 Å². The zero-order chi connectivity index (χ0) is 14.0. The van der Waals surface area contributed by atoms with Gasteiger partial charge in [0.2, 0.25) is 5.91 Å². The van der Waals surface area contributed by atoms with Crippen molar-refractivity contribution in [3.8, 4) is 0 Å². The van der Waals surface area contributed by atoms with E-state index < -0.39 is 23.7 Å². The van der Waals surface area contributed by atoms with Crippen molar-refractivity contribution >= 4 is 33.2 Å². The maximum Gasteiger partial charge on any atom is 0.261 e. The van der Waals surface area contributed by atoms with E-state index in [1.165, 1.54) is 12.1 Å². The largest absolute Gasteiger partial charge is 0.381 e. The number of rotatable bonds is 4. The first-order chi connectivity index (χ1) is 8.99. The lowest BCUT2D eigenvalue weighted by molar-refractivity contribution is -0.125. The highest BCUT2D eigenvalue weighted by atomic mass is 32.1. The Bertz CT molecular complexity index is 641. The molecule has 1 aromatic heterocycles. The monoisotopic (exact) mass is 282 g/mol. The molecule has 19 heavy (non-hydrogen) atoms. The predicted octanol–water partition coefficient (Wildman–Crippen LogP) is 0.616. The molecule has 2 rings (SSSR count). The molecular formula is C12H11FN2O3S. The van der Waals surface area contributed by atoms with E-state index in [4.69, 9.17) is 10.8 Å². The van der Waals surface area contributed by atoms with Gasteiger partial charge >= 0.3 is 0 Å². The summed E-state index contributed by atoms with van der Waals surface area (Å²) in [5.41, 5.74) is 4.85. The van der Waals surface area contributed by atoms with E-state index in [-0.39, 0.29) is 6.54 Å². The molecule has 0 spiro atoms. The molecular weight excluding hydrogens is 271 g/mol. The number of hydrogen-bond acceptors (Lipinski definition) is 4. The third kappa shape index (κ3) is 2.88. The first-order valence-electron chi connectivity index (χ1n) is 5.42. The lowest BCUT2D eigenvalue weighted by Crippen LogP contribution is -2.39. The molecule has 0 saturated heterocycles. The third-order valence-corrected chi connectivity index (χ3v) is 3.62. The summed E-state index contributed by atoms with van der Waals surface area (Å²) in [5, 5.41) is 11.9. The summed E-state index contributed by atoms with van der Waals surface area (Å²) in [4.78, 5) is 22.7. The molecule has 100 valence electrons. The molecule has 1 unspecified atom stereocenters. The van der Waals surface area contributed by atoms with Gasteiger partial charge in [0.25, 0.3) is 5.91 Å². The van der Waals surface area contributed by atoms with Crippen LogP contribution in [0.1, 0.15) is 9.67 Å². The second-order valence-corrected chi connectivity index (χ2v) is 4.97. The lowest BCUT2D eigenvalue weighted by atomic mass is 10.2. The molecule has 0 saturated carbocycles. The zero-order valence-electron chi connectivity index (χ0n) is 9.72. The number of thiophene rings is 1. The lowest BCUT2D eigenvalue weighted by Gasteiger charge is -2.06. The van der Waals surface area contributed by atoms with Crippen LogP contribution in [-0.2, 0) is 4.79 Å². The van der Waals surface area contributed by atoms with Gasteiger partial charge in [0.15, 0.2) is 0 Å². The molecule has 0 aliphatic heterocycles. The smallest absolute Gasteiger partial charge is 0.261 e. The molecule has 2 amide bonds. The number of aliphatic hydroxyl groups excluding tert-OH is 1. The van der Waals surface area contributed by atoms with Crippen LogP contribution < -0.4 is 11.1 Å². The van der Waals surface area contributed by atoms with Gasteiger partial charge in [0.05, 0.1) is 11.4 Å². The minimum absolute atomic E-state index is 0.273. The standard InChI is InChI=1S/C12H11FN2O3S/c13-7-2-1-3-9-6(7)4-10(19-9)12(18)15-5-8(16)11(14)17/h1-4,8,16H,5H2,(H2,14,17)(H,15,18). The van der Waals surface area contributed by atoms with Gasteiger partial charge in [-0.15, -0.1) is 11.3 Å². The van der Waals surface area contributed by atoms with Gasteiger partial charge in [-0.1, -0.05) is 6.07 Å². The highest BCUT2D eigenvalue weighted by molar-refractivity contribution is 7.20. The van der Waals surface area contributed by atoms with Gasteiger partial charge in [-0.25, -0.2) is 4.39 Å². The molecule has 0 aliphatic rings. The van der Waals surface area contributed by atoms with Crippen LogP contribution in [0.4, 0.5) is 4.39 Å². The second-order valence-electron chi connectivity index (χ2n) is 3.89. The Hall–Kier alpha value is -1.99. The highest BCUT2D eigenvalue weighted by Crippen LogP contribution is 2.27. The van der Waals surface area contributed by atoms with Crippen molar-refractivity contribution < 1.29 is 19.1 Å². The summed E-state index contributed by atoms with van der Waals surface area (Å²) in [6.45, 7) is -0.273. The Kier molecular flexibility index (Phi) is 3.77. The van der Waals surface area contributed by atoms with Gasteiger partial charge in [0, 0.05) is 10.1 Å². The Labute approximate surface area is 111 Å². The summed E-state index contributed by atoms with van der Waals surface area (Å²) in [6.07, 6.45) is -1.44. The number of nitrogens with two attached hydrogens (primary N) is 1. The van der Waals surface area contributed by atoms with Gasteiger partial charge < -0.3 is 16.2 Å². The number of benzene rings is 1. The molecule has 0 fully saturated rings. The SMILES string of the molecule is NC(=O)C(O)CNC(=O)c1cc2c(F)cccc2s1. The molecule has 7 heteroatoms. The Balaban J connectivity index is 2.14. The summed E-state index contributed by atoms with van der Waals surface area (Å²) in [5.74, 6) is -1.80. The molecule has 1 aromatic carbocycles. The average Bonchev–Trinajstić information content (AvgIpc) is 2.80. The molecule has 0 radical (unpaired) electrons. The summed E-state index contributed by atoms with van der Waals surface area (Å²) >= 11 is 1.13. The molecule has 5 nitrogen and oxygen atoms in total. The topological polar surface area (TPSA) is 92.4 Å². The zero-order valence-corrected chi connectivity index (χ0v) is 10.5. The summed E-state index contributed by atoms with van der Waals surface area (Å²) in [7, 11) is 0. The highest BCUT2D eigenvalue weighted by Gasteiger charge is 2.15. The molecule has 0 bridgehead atoms. The van der Waals surface area contributed by atoms with Crippen LogP contribution >= 0.6 is 11.3 Å². The Morgan fingerprint density at radius 1 is 1.47 bits per heavy atom. The maximum absolute atomic E-state index is 13.5. The molecule has 4 N–H and O–H groups in total. The third-order valence-electron chi connectivity index (χ3n) is 2.52. The first-order valence-corrected chi connectivity index (χ1v) is 6.24. The summed E-state index contributed by atoms with van der Waals surface area (Å²) in [6, 6.07) is 6.01. The number of amides is 2. The van der Waals surface area contributed by atoms with Crippen molar-refractivity contribution in [1.29, 1.82) is 0 Å². The predicted molar refractivity (Wildman–Crippen MR) is 69.3 cm³/mol. The van der Waals surface area contributed by atoms with Gasteiger partial charge in [-0.3, -0.25) is 9.59 Å². The van der Waals surface area contributed by atoms with Crippen molar-refractivity contribution in [1.82, 2.24) is 5.32 Å². The number of halogens is 1. The number of aliphatic hydroxyl groups is 1. The fourth-order valence-electron chi connectivity index (χ4n) is 1.51. The van der Waals surface area contributed by atoms with Crippen molar-refractivity contribution in [2.45, 2.75) is 6.10 Å². The van der Waals surface area contributed by atoms with Crippen LogP contribution in [0, 0.1) is 5.82 Å². The maximum atomic E-state index is 13.5. The number of primary amides is 1. The fourth-order valence-corrected chi connectivity index (χ4v) is 2.51. The Morgan fingerprint density at radius 2 is 2.21 bits per heavy atom.